The Balaban J connectivity index is 2.18. The third-order valence-corrected chi connectivity index (χ3v) is 4.02. The Morgan fingerprint density at radius 2 is 1.76 bits per heavy atom. The molecule has 0 aliphatic rings. The van der Waals surface area contributed by atoms with Gasteiger partial charge in [-0.25, -0.2) is 0 Å². The predicted molar refractivity (Wildman–Crippen MR) is 87.7 cm³/mol. The first-order chi connectivity index (χ1) is 10.2. The Hall–Kier alpha value is -2.06. The highest BCUT2D eigenvalue weighted by molar-refractivity contribution is 5.83. The second-order valence-corrected chi connectivity index (χ2v) is 5.42. The van der Waals surface area contributed by atoms with Crippen LogP contribution in [0.5, 0.6) is 0 Å². The van der Waals surface area contributed by atoms with E-state index in [1.807, 2.05) is 19.2 Å². The lowest BCUT2D eigenvalue weighted by Gasteiger charge is -2.17. The number of hydrogen-bond acceptors (Lipinski definition) is 2. The van der Waals surface area contributed by atoms with Crippen LogP contribution >= 0.6 is 0 Å². The smallest absolute Gasteiger partial charge is 0.134 e. The van der Waals surface area contributed by atoms with E-state index in [1.54, 1.807) is 0 Å². The largest absolute Gasteiger partial charge is 0.461 e. The number of hydrogen-bond donors (Lipinski definition) is 1. The van der Waals surface area contributed by atoms with Gasteiger partial charge in [-0.1, -0.05) is 55.0 Å². The molecule has 0 bridgehead atoms. The van der Waals surface area contributed by atoms with Crippen LogP contribution in [-0.2, 0) is 6.42 Å². The fourth-order valence-electron chi connectivity index (χ4n) is 2.93. The molecule has 1 N–H and O–H groups in total. The molecule has 0 aliphatic carbocycles. The lowest BCUT2D eigenvalue weighted by atomic mass is 9.95. The van der Waals surface area contributed by atoms with E-state index in [2.05, 4.69) is 55.6 Å². The first-order valence-electron chi connectivity index (χ1n) is 7.48. The SMILES string of the molecule is CCc1oc2ccccc2c1C(NC)c1ccc(C)cc1. The van der Waals surface area contributed by atoms with Crippen LogP contribution in [0.1, 0.15) is 35.4 Å². The van der Waals surface area contributed by atoms with E-state index in [0.29, 0.717) is 0 Å². The maximum absolute atomic E-state index is 6.04. The van der Waals surface area contributed by atoms with Gasteiger partial charge in [-0.15, -0.1) is 0 Å². The Kier molecular flexibility index (Phi) is 3.80. The van der Waals surface area contributed by atoms with Gasteiger partial charge in [0.05, 0.1) is 6.04 Å². The molecule has 1 heterocycles. The lowest BCUT2D eigenvalue weighted by molar-refractivity contribution is 0.539. The quantitative estimate of drug-likeness (QED) is 0.754. The molecule has 0 saturated heterocycles. The van der Waals surface area contributed by atoms with Gasteiger partial charge in [0.1, 0.15) is 11.3 Å². The zero-order valence-corrected chi connectivity index (χ0v) is 12.8. The van der Waals surface area contributed by atoms with Crippen molar-refractivity contribution in [1.82, 2.24) is 5.32 Å². The van der Waals surface area contributed by atoms with Gasteiger partial charge in [0.25, 0.3) is 0 Å². The van der Waals surface area contributed by atoms with E-state index in [-0.39, 0.29) is 6.04 Å². The van der Waals surface area contributed by atoms with Gasteiger partial charge in [0.2, 0.25) is 0 Å². The molecule has 0 saturated carbocycles. The van der Waals surface area contributed by atoms with Crippen LogP contribution < -0.4 is 5.32 Å². The molecule has 21 heavy (non-hydrogen) atoms. The zero-order chi connectivity index (χ0) is 14.8. The topological polar surface area (TPSA) is 25.2 Å². The maximum Gasteiger partial charge on any atom is 0.134 e. The van der Waals surface area contributed by atoms with Crippen LogP contribution in [0.3, 0.4) is 0 Å². The first kappa shape index (κ1) is 13.9. The van der Waals surface area contributed by atoms with Crippen LogP contribution in [0.4, 0.5) is 0 Å². The molecule has 2 heteroatoms. The molecule has 0 radical (unpaired) electrons. The van der Waals surface area contributed by atoms with E-state index in [9.17, 15) is 0 Å². The molecule has 3 rings (SSSR count). The molecule has 1 atom stereocenters. The number of furan rings is 1. The van der Waals surface area contributed by atoms with E-state index in [1.165, 1.54) is 22.1 Å². The summed E-state index contributed by atoms with van der Waals surface area (Å²) in [5.74, 6) is 1.07. The average Bonchev–Trinajstić information content (AvgIpc) is 2.89. The Morgan fingerprint density at radius 3 is 2.43 bits per heavy atom. The fourth-order valence-corrected chi connectivity index (χ4v) is 2.93. The zero-order valence-electron chi connectivity index (χ0n) is 12.8. The van der Waals surface area contributed by atoms with Crippen molar-refractivity contribution in [3.8, 4) is 0 Å². The molecule has 0 aliphatic heterocycles. The second kappa shape index (κ2) is 5.74. The van der Waals surface area contributed by atoms with Gasteiger partial charge in [-0.05, 0) is 25.6 Å². The number of aryl methyl sites for hydroxylation is 2. The molecule has 0 fully saturated rings. The lowest BCUT2D eigenvalue weighted by Crippen LogP contribution is -2.18. The van der Waals surface area contributed by atoms with Crippen molar-refractivity contribution in [2.45, 2.75) is 26.3 Å². The summed E-state index contributed by atoms with van der Waals surface area (Å²) in [6, 6.07) is 17.1. The monoisotopic (exact) mass is 279 g/mol. The maximum atomic E-state index is 6.04. The van der Waals surface area contributed by atoms with E-state index < -0.39 is 0 Å². The molecule has 108 valence electrons. The number of benzene rings is 2. The van der Waals surface area contributed by atoms with Gasteiger partial charge in [0, 0.05) is 17.4 Å². The minimum atomic E-state index is 0.157. The first-order valence-corrected chi connectivity index (χ1v) is 7.48. The summed E-state index contributed by atoms with van der Waals surface area (Å²) in [4.78, 5) is 0. The van der Waals surface area contributed by atoms with Crippen molar-refractivity contribution < 1.29 is 4.42 Å². The highest BCUT2D eigenvalue weighted by Gasteiger charge is 2.21. The van der Waals surface area contributed by atoms with E-state index >= 15 is 0 Å². The Labute approximate surface area is 125 Å². The van der Waals surface area contributed by atoms with E-state index in [4.69, 9.17) is 4.42 Å². The van der Waals surface area contributed by atoms with Gasteiger partial charge < -0.3 is 9.73 Å². The highest BCUT2D eigenvalue weighted by Crippen LogP contribution is 2.34. The third-order valence-electron chi connectivity index (χ3n) is 4.02. The molecule has 1 aromatic heterocycles. The number of fused-ring (bicyclic) bond motifs is 1. The Morgan fingerprint density at radius 1 is 1.05 bits per heavy atom. The molecule has 2 aromatic carbocycles. The van der Waals surface area contributed by atoms with Gasteiger partial charge >= 0.3 is 0 Å². The summed E-state index contributed by atoms with van der Waals surface area (Å²) in [7, 11) is 2.01. The standard InChI is InChI=1S/C19H21NO/c1-4-16-18(15-7-5-6-8-17(15)21-16)19(20-3)14-11-9-13(2)10-12-14/h5-12,19-20H,4H2,1-3H3. The minimum absolute atomic E-state index is 0.157. The summed E-state index contributed by atoms with van der Waals surface area (Å²) in [5, 5.41) is 4.65. The van der Waals surface area contributed by atoms with Gasteiger partial charge in [0.15, 0.2) is 0 Å². The predicted octanol–water partition coefficient (Wildman–Crippen LogP) is 4.61. The fraction of sp³-hybridized carbons (Fsp3) is 0.263. The summed E-state index contributed by atoms with van der Waals surface area (Å²) in [6.07, 6.45) is 0.897. The van der Waals surface area contributed by atoms with Crippen LogP contribution in [0.25, 0.3) is 11.0 Å². The highest BCUT2D eigenvalue weighted by atomic mass is 16.3. The normalized spacial score (nSPS) is 12.7. The molecular weight excluding hydrogens is 258 g/mol. The summed E-state index contributed by atoms with van der Waals surface area (Å²) in [6.45, 7) is 4.26. The van der Waals surface area contributed by atoms with Crippen molar-refractivity contribution in [3.63, 3.8) is 0 Å². The summed E-state index contributed by atoms with van der Waals surface area (Å²) < 4.78 is 6.04. The van der Waals surface area contributed by atoms with Crippen molar-refractivity contribution in [1.29, 1.82) is 0 Å². The molecule has 0 amide bonds. The number of rotatable bonds is 4. The Bertz CT molecular complexity index is 740. The average molecular weight is 279 g/mol. The number of para-hydroxylation sites is 1. The van der Waals surface area contributed by atoms with Crippen LogP contribution in [0.2, 0.25) is 0 Å². The van der Waals surface area contributed by atoms with E-state index in [0.717, 1.165) is 17.8 Å². The molecular formula is C19H21NO. The van der Waals surface area contributed by atoms with Crippen LogP contribution in [-0.4, -0.2) is 7.05 Å². The van der Waals surface area contributed by atoms with Crippen LogP contribution in [0.15, 0.2) is 52.9 Å². The van der Waals surface area contributed by atoms with Crippen LogP contribution in [0, 0.1) is 6.92 Å². The number of nitrogens with one attached hydrogen (secondary N) is 1. The van der Waals surface area contributed by atoms with Gasteiger partial charge in [-0.2, -0.15) is 0 Å². The van der Waals surface area contributed by atoms with Gasteiger partial charge in [-0.3, -0.25) is 0 Å². The minimum Gasteiger partial charge on any atom is -0.461 e. The molecule has 0 spiro atoms. The summed E-state index contributed by atoms with van der Waals surface area (Å²) >= 11 is 0. The molecule has 2 nitrogen and oxygen atoms in total. The molecule has 1 unspecified atom stereocenters. The summed E-state index contributed by atoms with van der Waals surface area (Å²) in [5.41, 5.74) is 4.78. The van der Waals surface area contributed by atoms with Crippen molar-refractivity contribution >= 4 is 11.0 Å². The van der Waals surface area contributed by atoms with Crippen molar-refractivity contribution in [2.75, 3.05) is 7.05 Å². The van der Waals surface area contributed by atoms with Crippen molar-refractivity contribution in [2.24, 2.45) is 0 Å². The molecule has 3 aromatic rings. The van der Waals surface area contributed by atoms with Crippen molar-refractivity contribution in [3.05, 3.63) is 71.0 Å². The second-order valence-electron chi connectivity index (χ2n) is 5.42. The third kappa shape index (κ3) is 2.47.